The van der Waals surface area contributed by atoms with Gasteiger partial charge in [0, 0.05) is 94.0 Å². The Balaban J connectivity index is 0.691. The Morgan fingerprint density at radius 1 is 0.930 bits per heavy atom. The molecule has 71 heavy (non-hydrogen) atoms. The molecule has 5 aromatic rings. The van der Waals surface area contributed by atoms with Crippen molar-refractivity contribution in [3.8, 4) is 16.9 Å². The van der Waals surface area contributed by atoms with Crippen LogP contribution in [-0.4, -0.2) is 127 Å². The molecular formula is C51H55N11O8S. The molecule has 0 aromatic carbocycles. The molecule has 1 unspecified atom stereocenters. The number of carbonyl (C=O) groups is 5. The second-order valence-corrected chi connectivity index (χ2v) is 21.8. The molecule has 3 N–H and O–H groups in total. The van der Waals surface area contributed by atoms with Crippen LogP contribution in [0.1, 0.15) is 93.8 Å². The van der Waals surface area contributed by atoms with Crippen LogP contribution < -0.4 is 35.6 Å². The Bertz CT molecular complexity index is 3160. The molecule has 3 fully saturated rings. The number of nitrogens with zero attached hydrogens (tertiary/aromatic N) is 9. The molecule has 368 valence electrons. The van der Waals surface area contributed by atoms with Gasteiger partial charge in [0.2, 0.25) is 11.8 Å². The summed E-state index contributed by atoms with van der Waals surface area (Å²) in [5.41, 5.74) is 6.41. The average Bonchev–Trinajstić information content (AvgIpc) is 4.07. The van der Waals surface area contributed by atoms with Crippen molar-refractivity contribution in [1.29, 1.82) is 0 Å². The predicted molar refractivity (Wildman–Crippen MR) is 265 cm³/mol. The Labute approximate surface area is 413 Å². The normalized spacial score (nSPS) is 23.8. The van der Waals surface area contributed by atoms with Gasteiger partial charge in [-0.1, -0.05) is 13.8 Å². The van der Waals surface area contributed by atoms with Crippen molar-refractivity contribution in [2.45, 2.75) is 96.6 Å². The van der Waals surface area contributed by atoms with E-state index in [1.165, 1.54) is 27.2 Å². The van der Waals surface area contributed by atoms with Gasteiger partial charge in [-0.2, -0.15) is 0 Å². The zero-order chi connectivity index (χ0) is 49.2. The van der Waals surface area contributed by atoms with E-state index in [0.717, 1.165) is 67.5 Å². The average molecular weight is 982 g/mol. The lowest BCUT2D eigenvalue weighted by Crippen LogP contribution is -2.59. The smallest absolute Gasteiger partial charge is 0.276 e. The fourth-order valence-corrected chi connectivity index (χ4v) is 13.5. The summed E-state index contributed by atoms with van der Waals surface area (Å²) >= 11 is 1.26. The third-order valence-electron chi connectivity index (χ3n) is 15.7. The number of hydrogen-bond acceptors (Lipinski definition) is 15. The highest BCUT2D eigenvalue weighted by Gasteiger charge is 2.51. The number of fused-ring (bicyclic) bond motifs is 8. The van der Waals surface area contributed by atoms with Gasteiger partial charge in [0.25, 0.3) is 23.3 Å². The van der Waals surface area contributed by atoms with E-state index in [4.69, 9.17) is 9.72 Å². The minimum atomic E-state index is -1.02. The Hall–Kier alpha value is -6.90. The van der Waals surface area contributed by atoms with E-state index in [1.54, 1.807) is 36.5 Å². The largest absolute Gasteiger partial charge is 0.487 e. The zero-order valence-electron chi connectivity index (χ0n) is 40.1. The van der Waals surface area contributed by atoms with Crippen molar-refractivity contribution in [3.63, 3.8) is 0 Å². The number of carbonyl (C=O) groups excluding carboxylic acids is 5. The number of aliphatic hydroxyl groups excluding tert-OH is 1. The van der Waals surface area contributed by atoms with Crippen LogP contribution in [0.5, 0.6) is 5.75 Å². The molecule has 0 bridgehead atoms. The highest BCUT2D eigenvalue weighted by atomic mass is 32.1. The fraction of sp³-hybridized carbons (Fsp3) is 0.451. The number of nitrogens with one attached hydrogen (secondary N) is 2. The van der Waals surface area contributed by atoms with Gasteiger partial charge in [0.15, 0.2) is 5.75 Å². The summed E-state index contributed by atoms with van der Waals surface area (Å²) in [6.45, 7) is 11.1. The number of pyridine rings is 3. The summed E-state index contributed by atoms with van der Waals surface area (Å²) in [7, 11) is 1.68. The minimum absolute atomic E-state index is 0.0666. The number of piperidine rings is 2. The molecule has 6 aliphatic heterocycles. The van der Waals surface area contributed by atoms with E-state index in [0.29, 0.717) is 71.2 Å². The number of piperazine rings is 1. The van der Waals surface area contributed by atoms with Crippen LogP contribution in [0.4, 0.5) is 28.0 Å². The summed E-state index contributed by atoms with van der Waals surface area (Å²) in [6, 6.07) is 9.06. The van der Waals surface area contributed by atoms with Gasteiger partial charge < -0.3 is 34.1 Å². The molecule has 3 saturated heterocycles. The monoisotopic (exact) mass is 981 g/mol. The number of ether oxygens (including phenoxy) is 1. The van der Waals surface area contributed by atoms with Crippen molar-refractivity contribution in [2.24, 2.45) is 12.5 Å². The van der Waals surface area contributed by atoms with Gasteiger partial charge in [-0.3, -0.25) is 48.8 Å². The van der Waals surface area contributed by atoms with Crippen molar-refractivity contribution in [1.82, 2.24) is 34.2 Å². The molecule has 4 atom stereocenters. The second-order valence-electron chi connectivity index (χ2n) is 20.8. The number of rotatable bonds is 8. The predicted octanol–water partition coefficient (Wildman–Crippen LogP) is 4.07. The molecule has 5 amide bonds. The third-order valence-corrected chi connectivity index (χ3v) is 16.9. The van der Waals surface area contributed by atoms with E-state index in [9.17, 15) is 33.9 Å². The maximum absolute atomic E-state index is 14.0. The van der Waals surface area contributed by atoms with Crippen molar-refractivity contribution >= 4 is 68.9 Å². The first-order valence-electron chi connectivity index (χ1n) is 24.5. The third kappa shape index (κ3) is 7.43. The maximum Gasteiger partial charge on any atom is 0.276 e. The first kappa shape index (κ1) is 45.3. The van der Waals surface area contributed by atoms with E-state index in [1.807, 2.05) is 24.4 Å². The van der Waals surface area contributed by atoms with Gasteiger partial charge in [-0.25, -0.2) is 9.97 Å². The van der Waals surface area contributed by atoms with E-state index in [2.05, 4.69) is 55.7 Å². The maximum atomic E-state index is 14.0. The van der Waals surface area contributed by atoms with Gasteiger partial charge in [-0.05, 0) is 85.9 Å². The molecule has 0 radical (unpaired) electrons. The fourth-order valence-electron chi connectivity index (χ4n) is 12.2. The number of thiophene rings is 1. The van der Waals surface area contributed by atoms with Crippen LogP contribution in [0.15, 0.2) is 53.7 Å². The summed E-state index contributed by atoms with van der Waals surface area (Å²) < 4.78 is 9.94. The van der Waals surface area contributed by atoms with Crippen molar-refractivity contribution in [3.05, 3.63) is 92.2 Å². The lowest BCUT2D eigenvalue weighted by molar-refractivity contribution is -0.136. The van der Waals surface area contributed by atoms with E-state index >= 15 is 0 Å². The van der Waals surface area contributed by atoms with Gasteiger partial charge in [0.1, 0.15) is 51.1 Å². The minimum Gasteiger partial charge on any atom is -0.487 e. The first-order valence-corrected chi connectivity index (χ1v) is 25.3. The lowest BCUT2D eigenvalue weighted by Gasteiger charge is -2.49. The van der Waals surface area contributed by atoms with Crippen LogP contribution in [0.2, 0.25) is 0 Å². The summed E-state index contributed by atoms with van der Waals surface area (Å²) in [5, 5.41) is 17.1. The number of imide groups is 2. The Kier molecular flexibility index (Phi) is 10.8. The van der Waals surface area contributed by atoms with Crippen LogP contribution in [-0.2, 0) is 42.6 Å². The van der Waals surface area contributed by atoms with Gasteiger partial charge in [0.05, 0.1) is 24.5 Å². The Morgan fingerprint density at radius 3 is 2.55 bits per heavy atom. The molecule has 11 heterocycles. The lowest BCUT2D eigenvalue weighted by atomic mass is 9.90. The van der Waals surface area contributed by atoms with Crippen LogP contribution in [0.25, 0.3) is 11.1 Å². The number of hydrogen-bond donors (Lipinski definition) is 3. The van der Waals surface area contributed by atoms with E-state index < -0.39 is 29.7 Å². The Morgan fingerprint density at radius 2 is 1.77 bits per heavy atom. The number of aliphatic hydroxyl groups is 1. The van der Waals surface area contributed by atoms with Crippen LogP contribution >= 0.6 is 11.3 Å². The molecule has 7 aliphatic rings. The van der Waals surface area contributed by atoms with Crippen LogP contribution in [0, 0.1) is 5.41 Å². The topological polar surface area (TPSA) is 208 Å². The second kappa shape index (κ2) is 16.9. The summed E-state index contributed by atoms with van der Waals surface area (Å²) in [4.78, 5) is 98.6. The van der Waals surface area contributed by atoms with Gasteiger partial charge >= 0.3 is 0 Å². The molecule has 12 rings (SSSR count). The summed E-state index contributed by atoms with van der Waals surface area (Å²) in [5.74, 6) is -0.894. The molecule has 5 aromatic heterocycles. The number of amides is 5. The highest BCUT2D eigenvalue weighted by molar-refractivity contribution is 7.19. The zero-order valence-corrected chi connectivity index (χ0v) is 40.9. The highest BCUT2D eigenvalue weighted by Crippen LogP contribution is 2.51. The summed E-state index contributed by atoms with van der Waals surface area (Å²) in [6.07, 6.45) is 9.03. The molecule has 1 aliphatic carbocycles. The number of anilines is 5. The SMILES string of the molecule is C[C@H]1CN([C@@H]2CCN3c4sc5c(c4OC[C@@H]3C2)C(=O)N(C2CCC(=O)NC2=O)C5=O)CCN1c1ccc(Nc2cc(-c3ccnc(N4CCn5c(cc6c5CC(C)(C)C6)C4=O)c3CO)cn(C)c2=O)nc1. The molecule has 0 spiro atoms. The van der Waals surface area contributed by atoms with Crippen LogP contribution in [0.3, 0.4) is 0 Å². The number of aryl methyl sites for hydroxylation is 1. The first-order chi connectivity index (χ1) is 34.2. The molecular weight excluding hydrogens is 927 g/mol. The molecule has 0 saturated carbocycles. The molecule has 20 heteroatoms. The van der Waals surface area contributed by atoms with Gasteiger partial charge in [-0.15, -0.1) is 11.3 Å². The standard InChI is InChI=1S/C51H55N11O8S/c1-27-23-57(30-10-12-59-32(19-30)26-70-42-41-43(71-50(42)59)49(69)62(48(41)68)36-6-8-40(64)55-45(36)65)13-14-58(27)31-5-7-39(53-22-31)54-35-17-29(24-56(4)46(35)66)33-9-11-52-44(34(33)25-63)61-16-15-60-37(47(61)67)18-28-20-51(2,3)21-38(28)60/h5,7,9,11,17-18,22,24,27,30,32,36,63H,6,8,10,12-16,19-21,23,25-26H2,1-4H3,(H,53,54)(H,55,64,65)/t27-,30+,32-,36?/m0/s1. The van der Waals surface area contributed by atoms with E-state index in [-0.39, 0.29) is 58.9 Å². The quantitative estimate of drug-likeness (QED) is 0.188. The van der Waals surface area contributed by atoms with Crippen molar-refractivity contribution in [2.75, 3.05) is 59.3 Å². The number of aromatic nitrogens is 4. The molecule has 19 nitrogen and oxygen atoms in total. The van der Waals surface area contributed by atoms with Crippen molar-refractivity contribution < 1.29 is 33.8 Å².